The summed E-state index contributed by atoms with van der Waals surface area (Å²) in [5, 5.41) is 0. The summed E-state index contributed by atoms with van der Waals surface area (Å²) >= 11 is 3.26. The van der Waals surface area contributed by atoms with Gasteiger partial charge in [-0.2, -0.15) is 0 Å². The molecule has 9 heteroatoms. The first kappa shape index (κ1) is 18.7. The fraction of sp³-hybridized carbons (Fsp3) is 0.167. The maximum absolute atomic E-state index is 12.0. The SMILES string of the molecule is O=C(COC(=O)C1COc2ccccc2O1)NNC(=O)c1ccc(Br)cc1. The number of fused-ring (bicyclic) bond motifs is 1. The summed E-state index contributed by atoms with van der Waals surface area (Å²) in [5.74, 6) is -0.959. The largest absolute Gasteiger partial charge is 0.485 e. The highest BCUT2D eigenvalue weighted by atomic mass is 79.9. The van der Waals surface area contributed by atoms with E-state index < -0.39 is 30.5 Å². The van der Waals surface area contributed by atoms with Crippen molar-refractivity contribution in [3.8, 4) is 11.5 Å². The molecule has 0 saturated heterocycles. The fourth-order valence-corrected chi connectivity index (χ4v) is 2.47. The monoisotopic (exact) mass is 434 g/mol. The van der Waals surface area contributed by atoms with E-state index in [0.717, 1.165) is 4.47 Å². The van der Waals surface area contributed by atoms with Crippen LogP contribution in [0.25, 0.3) is 0 Å². The Labute approximate surface area is 162 Å². The van der Waals surface area contributed by atoms with E-state index in [1.54, 1.807) is 48.5 Å². The van der Waals surface area contributed by atoms with Gasteiger partial charge in [0.15, 0.2) is 18.1 Å². The Bertz CT molecular complexity index is 855. The predicted octanol–water partition coefficient (Wildman–Crippen LogP) is 1.59. The summed E-state index contributed by atoms with van der Waals surface area (Å²) in [6.45, 7) is -0.585. The van der Waals surface area contributed by atoms with Crippen LogP contribution in [0.1, 0.15) is 10.4 Å². The lowest BCUT2D eigenvalue weighted by Gasteiger charge is -2.24. The number of ether oxygens (including phenoxy) is 3. The molecule has 0 fully saturated rings. The summed E-state index contributed by atoms with van der Waals surface area (Å²) in [4.78, 5) is 35.6. The van der Waals surface area contributed by atoms with Gasteiger partial charge in [-0.1, -0.05) is 28.1 Å². The highest BCUT2D eigenvalue weighted by molar-refractivity contribution is 9.10. The molecule has 8 nitrogen and oxygen atoms in total. The second-order valence-electron chi connectivity index (χ2n) is 5.48. The van der Waals surface area contributed by atoms with E-state index in [4.69, 9.17) is 14.2 Å². The van der Waals surface area contributed by atoms with Crippen molar-refractivity contribution >= 4 is 33.7 Å². The molecule has 1 aliphatic rings. The van der Waals surface area contributed by atoms with Gasteiger partial charge in [0.25, 0.3) is 11.8 Å². The number of benzene rings is 2. The molecule has 27 heavy (non-hydrogen) atoms. The van der Waals surface area contributed by atoms with E-state index >= 15 is 0 Å². The third kappa shape index (κ3) is 4.98. The highest BCUT2D eigenvalue weighted by Crippen LogP contribution is 2.31. The number of carbonyl (C=O) groups excluding carboxylic acids is 3. The average Bonchev–Trinajstić information content (AvgIpc) is 2.70. The van der Waals surface area contributed by atoms with Gasteiger partial charge in [-0.25, -0.2) is 4.79 Å². The van der Waals surface area contributed by atoms with Gasteiger partial charge < -0.3 is 14.2 Å². The molecule has 3 rings (SSSR count). The first-order valence-electron chi connectivity index (χ1n) is 7.93. The van der Waals surface area contributed by atoms with Crippen LogP contribution in [0.15, 0.2) is 53.0 Å². The van der Waals surface area contributed by atoms with Crippen LogP contribution in [0, 0.1) is 0 Å². The number of para-hydroxylation sites is 2. The van der Waals surface area contributed by atoms with Gasteiger partial charge in [0.2, 0.25) is 6.10 Å². The van der Waals surface area contributed by atoms with Gasteiger partial charge in [-0.05, 0) is 36.4 Å². The molecule has 2 aromatic rings. The molecule has 0 radical (unpaired) electrons. The molecule has 0 saturated carbocycles. The molecule has 0 aromatic heterocycles. The van der Waals surface area contributed by atoms with Crippen molar-refractivity contribution in [2.75, 3.05) is 13.2 Å². The maximum Gasteiger partial charge on any atom is 0.351 e. The van der Waals surface area contributed by atoms with E-state index in [2.05, 4.69) is 26.8 Å². The standard InChI is InChI=1S/C18H15BrN2O6/c19-12-7-5-11(6-8-12)17(23)21-20-16(22)10-26-18(24)15-9-25-13-3-1-2-4-14(13)27-15/h1-8,15H,9-10H2,(H,20,22)(H,21,23). The molecule has 0 aliphatic carbocycles. The van der Waals surface area contributed by atoms with Gasteiger partial charge in [0.1, 0.15) is 6.61 Å². The normalized spacial score (nSPS) is 14.8. The average molecular weight is 435 g/mol. The summed E-state index contributed by atoms with van der Waals surface area (Å²) in [6, 6.07) is 13.5. The Balaban J connectivity index is 1.42. The molecule has 1 atom stereocenters. The van der Waals surface area contributed by atoms with Crippen LogP contribution in [0.2, 0.25) is 0 Å². The number of esters is 1. The first-order valence-corrected chi connectivity index (χ1v) is 8.72. The zero-order valence-electron chi connectivity index (χ0n) is 13.9. The molecule has 0 bridgehead atoms. The Kier molecular flexibility index (Phi) is 5.92. The highest BCUT2D eigenvalue weighted by Gasteiger charge is 2.29. The van der Waals surface area contributed by atoms with Crippen molar-refractivity contribution in [2.45, 2.75) is 6.10 Å². The lowest BCUT2D eigenvalue weighted by Crippen LogP contribution is -2.45. The van der Waals surface area contributed by atoms with Crippen molar-refractivity contribution in [1.82, 2.24) is 10.9 Å². The number of carbonyl (C=O) groups is 3. The number of hydrogen-bond donors (Lipinski definition) is 2. The van der Waals surface area contributed by atoms with Crippen LogP contribution in [0.3, 0.4) is 0 Å². The molecule has 2 aromatic carbocycles. The Hall–Kier alpha value is -3.07. The van der Waals surface area contributed by atoms with E-state index in [1.165, 1.54) is 0 Å². The molecular formula is C18H15BrN2O6. The quantitative estimate of drug-likeness (QED) is 0.559. The number of halogens is 1. The lowest BCUT2D eigenvalue weighted by molar-refractivity contribution is -0.157. The first-order chi connectivity index (χ1) is 13.0. The van der Waals surface area contributed by atoms with Crippen LogP contribution in [-0.4, -0.2) is 37.1 Å². The molecule has 0 spiro atoms. The smallest absolute Gasteiger partial charge is 0.351 e. The van der Waals surface area contributed by atoms with Crippen molar-refractivity contribution in [3.63, 3.8) is 0 Å². The Morgan fingerprint density at radius 3 is 2.48 bits per heavy atom. The molecule has 140 valence electrons. The topological polar surface area (TPSA) is 103 Å². The third-order valence-electron chi connectivity index (χ3n) is 3.54. The van der Waals surface area contributed by atoms with Crippen LogP contribution in [-0.2, 0) is 14.3 Å². The minimum absolute atomic E-state index is 0.0161. The van der Waals surface area contributed by atoms with Crippen LogP contribution in [0.5, 0.6) is 11.5 Å². The number of hydrogen-bond acceptors (Lipinski definition) is 6. The third-order valence-corrected chi connectivity index (χ3v) is 4.07. The Morgan fingerprint density at radius 2 is 1.74 bits per heavy atom. The summed E-state index contributed by atoms with van der Waals surface area (Å²) in [7, 11) is 0. The summed E-state index contributed by atoms with van der Waals surface area (Å²) in [5.41, 5.74) is 4.77. The Morgan fingerprint density at radius 1 is 1.04 bits per heavy atom. The van der Waals surface area contributed by atoms with Crippen molar-refractivity contribution in [3.05, 3.63) is 58.6 Å². The number of amides is 2. The maximum atomic E-state index is 12.0. The number of rotatable bonds is 4. The zero-order chi connectivity index (χ0) is 19.2. The van der Waals surface area contributed by atoms with Gasteiger partial charge >= 0.3 is 5.97 Å². The molecule has 2 amide bonds. The second kappa shape index (κ2) is 8.54. The molecule has 1 unspecified atom stereocenters. The molecule has 1 heterocycles. The molecule has 2 N–H and O–H groups in total. The lowest BCUT2D eigenvalue weighted by atomic mass is 10.2. The van der Waals surface area contributed by atoms with E-state index in [0.29, 0.717) is 17.1 Å². The van der Waals surface area contributed by atoms with Crippen molar-refractivity contribution < 1.29 is 28.6 Å². The van der Waals surface area contributed by atoms with Crippen molar-refractivity contribution in [2.24, 2.45) is 0 Å². The van der Waals surface area contributed by atoms with Gasteiger partial charge in [-0.15, -0.1) is 0 Å². The predicted molar refractivity (Wildman–Crippen MR) is 97.1 cm³/mol. The van der Waals surface area contributed by atoms with E-state index in [9.17, 15) is 14.4 Å². The van der Waals surface area contributed by atoms with Crippen LogP contribution >= 0.6 is 15.9 Å². The summed E-state index contributed by atoms with van der Waals surface area (Å²) < 4.78 is 16.6. The minimum Gasteiger partial charge on any atom is -0.485 e. The fourth-order valence-electron chi connectivity index (χ4n) is 2.20. The van der Waals surface area contributed by atoms with Crippen molar-refractivity contribution in [1.29, 1.82) is 0 Å². The second-order valence-corrected chi connectivity index (χ2v) is 6.40. The van der Waals surface area contributed by atoms with Gasteiger partial charge in [-0.3, -0.25) is 20.4 Å². The molecule has 1 aliphatic heterocycles. The van der Waals surface area contributed by atoms with Gasteiger partial charge in [0.05, 0.1) is 0 Å². The molecular weight excluding hydrogens is 420 g/mol. The van der Waals surface area contributed by atoms with Gasteiger partial charge in [0, 0.05) is 10.0 Å². The van der Waals surface area contributed by atoms with E-state index in [-0.39, 0.29) is 6.61 Å². The minimum atomic E-state index is -0.968. The van der Waals surface area contributed by atoms with Crippen LogP contribution < -0.4 is 20.3 Å². The number of hydrazine groups is 1. The van der Waals surface area contributed by atoms with Crippen LogP contribution in [0.4, 0.5) is 0 Å². The van der Waals surface area contributed by atoms with E-state index in [1.807, 2.05) is 0 Å². The number of nitrogens with one attached hydrogen (secondary N) is 2. The zero-order valence-corrected chi connectivity index (χ0v) is 15.5. The summed E-state index contributed by atoms with van der Waals surface area (Å²) in [6.07, 6.45) is -0.968.